The quantitative estimate of drug-likeness (QED) is 0.0782. The molecular weight excluding hydrogens is 699 g/mol. The molecule has 0 saturated heterocycles. The van der Waals surface area contributed by atoms with Crippen LogP contribution in [0.4, 0.5) is 0 Å². The first-order valence-electron chi connectivity index (χ1n) is 18.4. The number of rotatable bonds is 12. The van der Waals surface area contributed by atoms with Gasteiger partial charge in [-0.2, -0.15) is 0 Å². The van der Waals surface area contributed by atoms with Crippen molar-refractivity contribution in [1.82, 2.24) is 5.32 Å². The molecule has 0 amide bonds. The van der Waals surface area contributed by atoms with Crippen molar-refractivity contribution in [3.05, 3.63) is 80.5 Å². The summed E-state index contributed by atoms with van der Waals surface area (Å²) in [5, 5.41) is 58.6. The average molecular weight is 750 g/mol. The Balaban J connectivity index is 1.48. The number of aromatic hydroxyl groups is 3. The van der Waals surface area contributed by atoms with Crippen molar-refractivity contribution >= 4 is 32.6 Å². The number of phenols is 2. The van der Waals surface area contributed by atoms with Crippen molar-refractivity contribution in [3.8, 4) is 34.3 Å². The largest absolute Gasteiger partial charge is 0.508 e. The van der Waals surface area contributed by atoms with Crippen molar-refractivity contribution in [3.63, 3.8) is 0 Å². The minimum absolute atomic E-state index is 0.00422. The molecule has 3 aromatic carbocycles. The molecule has 1 aliphatic heterocycles. The van der Waals surface area contributed by atoms with Gasteiger partial charge >= 0.3 is 0 Å². The molecule has 4 aromatic rings. The minimum Gasteiger partial charge on any atom is -0.508 e. The van der Waals surface area contributed by atoms with Crippen LogP contribution in [0.2, 0.25) is 0 Å². The smallest absolute Gasteiger partial charge is 0.238 e. The molecule has 1 aliphatic carbocycles. The Kier molecular flexibility index (Phi) is 12.7. The molecule has 3 atom stereocenters. The normalized spacial score (nSPS) is 17.9. The van der Waals surface area contributed by atoms with E-state index in [0.717, 1.165) is 48.1 Å². The molecule has 0 spiro atoms. The second-order valence-corrected chi connectivity index (χ2v) is 17.2. The summed E-state index contributed by atoms with van der Waals surface area (Å²) in [4.78, 5) is 14.2. The molecule has 3 unspecified atom stereocenters. The van der Waals surface area contributed by atoms with E-state index in [2.05, 4.69) is 31.3 Å². The lowest BCUT2D eigenvalue weighted by Crippen LogP contribution is -2.33. The zero-order valence-corrected chi connectivity index (χ0v) is 31.8. The first kappa shape index (κ1) is 38.4. The predicted octanol–water partition coefficient (Wildman–Crippen LogP) is 7.98. The molecule has 1 aromatic heterocycles. The van der Waals surface area contributed by atoms with Crippen LogP contribution in [0.25, 0.3) is 22.3 Å². The van der Waals surface area contributed by atoms with Gasteiger partial charge in [0.25, 0.3) is 0 Å². The van der Waals surface area contributed by atoms with Crippen LogP contribution in [-0.2, 0) is 18.6 Å². The number of hydrogen-bond donors (Lipinski definition) is 6. The van der Waals surface area contributed by atoms with E-state index in [9.17, 15) is 30.3 Å². The van der Waals surface area contributed by atoms with Gasteiger partial charge < -0.3 is 40.0 Å². The molecule has 6 rings (SSSR count). The van der Waals surface area contributed by atoms with E-state index < -0.39 is 23.4 Å². The van der Waals surface area contributed by atoms with Crippen molar-refractivity contribution in [2.75, 3.05) is 19.4 Å². The Hall–Kier alpha value is -3.35. The van der Waals surface area contributed by atoms with Crippen LogP contribution in [-0.4, -0.2) is 57.1 Å². The zero-order valence-electron chi connectivity index (χ0n) is 30.2. The SMILES string of the molecule is CNC1CSSCc2c(-c3oc4cc(O)cc(OC(CCCO)C(O)CC5CCCC5)c4c(=O)c3O)cc(CC(C)C)c(O)c2Cc2cccc1c2. The Labute approximate surface area is 313 Å². The lowest BCUT2D eigenvalue weighted by Gasteiger charge is -2.26. The Morgan fingerprint density at radius 1 is 1.02 bits per heavy atom. The van der Waals surface area contributed by atoms with Crippen molar-refractivity contribution < 1.29 is 34.7 Å². The molecule has 6 N–H and O–H groups in total. The summed E-state index contributed by atoms with van der Waals surface area (Å²) in [6.45, 7) is 4.05. The van der Waals surface area contributed by atoms with Gasteiger partial charge in [-0.1, -0.05) is 85.4 Å². The fraction of sp³-hybridized carbons (Fsp3) is 0.488. The van der Waals surface area contributed by atoms with E-state index in [0.29, 0.717) is 60.5 Å². The number of nitrogens with one attached hydrogen (secondary N) is 1. The molecule has 52 heavy (non-hydrogen) atoms. The third-order valence-corrected chi connectivity index (χ3v) is 12.7. The number of aliphatic hydroxyl groups excluding tert-OH is 2. The molecule has 2 bridgehead atoms. The van der Waals surface area contributed by atoms with E-state index in [1.165, 1.54) is 12.1 Å². The topological polar surface area (TPSA) is 153 Å². The van der Waals surface area contributed by atoms with Gasteiger partial charge in [0.15, 0.2) is 5.76 Å². The maximum absolute atomic E-state index is 14.2. The highest BCUT2D eigenvalue weighted by molar-refractivity contribution is 8.76. The number of phenolic OH excluding ortho intramolecular Hbond substituents is 2. The van der Waals surface area contributed by atoms with Gasteiger partial charge in [0.2, 0.25) is 11.2 Å². The number of aliphatic hydroxyl groups is 2. The predicted molar refractivity (Wildman–Crippen MR) is 210 cm³/mol. The Bertz CT molecular complexity index is 1920. The summed E-state index contributed by atoms with van der Waals surface area (Å²) in [5.74, 6) is 1.21. The third kappa shape index (κ3) is 8.55. The number of hydrogen-bond acceptors (Lipinski definition) is 11. The summed E-state index contributed by atoms with van der Waals surface area (Å²) in [6, 6.07) is 12.9. The van der Waals surface area contributed by atoms with Crippen LogP contribution >= 0.6 is 21.6 Å². The van der Waals surface area contributed by atoms with Crippen LogP contribution < -0.4 is 15.5 Å². The van der Waals surface area contributed by atoms with E-state index in [-0.39, 0.29) is 52.5 Å². The first-order chi connectivity index (χ1) is 25.1. The second kappa shape index (κ2) is 17.2. The van der Waals surface area contributed by atoms with Crippen LogP contribution in [0.15, 0.2) is 51.7 Å². The van der Waals surface area contributed by atoms with Gasteiger partial charge in [-0.3, -0.25) is 4.79 Å². The van der Waals surface area contributed by atoms with Gasteiger partial charge in [-0.05, 0) is 72.9 Å². The van der Waals surface area contributed by atoms with E-state index in [1.807, 2.05) is 25.2 Å². The molecule has 9 nitrogen and oxygen atoms in total. The first-order valence-corrected chi connectivity index (χ1v) is 20.9. The Morgan fingerprint density at radius 2 is 1.81 bits per heavy atom. The van der Waals surface area contributed by atoms with E-state index in [4.69, 9.17) is 9.15 Å². The summed E-state index contributed by atoms with van der Waals surface area (Å²) in [7, 11) is 5.28. The lowest BCUT2D eigenvalue weighted by molar-refractivity contribution is 0.0138. The molecular formula is C41H51NO8S2. The fourth-order valence-electron chi connectivity index (χ4n) is 7.73. The van der Waals surface area contributed by atoms with Gasteiger partial charge in [0.05, 0.1) is 6.10 Å². The number of benzene rings is 3. The third-order valence-electron chi connectivity index (χ3n) is 10.4. The maximum atomic E-state index is 14.2. The molecule has 11 heteroatoms. The zero-order chi connectivity index (χ0) is 36.9. The highest BCUT2D eigenvalue weighted by Gasteiger charge is 2.30. The van der Waals surface area contributed by atoms with Crippen molar-refractivity contribution in [2.45, 2.75) is 95.6 Å². The van der Waals surface area contributed by atoms with Gasteiger partial charge in [0.1, 0.15) is 34.3 Å². The molecule has 0 radical (unpaired) electrons. The molecule has 2 heterocycles. The number of fused-ring (bicyclic) bond motifs is 4. The number of ether oxygens (including phenoxy) is 1. The molecule has 1 saturated carbocycles. The van der Waals surface area contributed by atoms with Crippen LogP contribution in [0.1, 0.15) is 92.7 Å². The molecule has 280 valence electrons. The minimum atomic E-state index is -0.847. The standard InChI is InChI=1S/C41H51NO8S2/c1-23(2)14-27-18-30(31-21-51-52-22-32(42-3)26-11-6-10-25(15-26)16-29(31)38(27)46)41-40(48)39(47)37-35(19-28(44)20-36(37)50-41)49-34(12-7-13-43)33(45)17-24-8-4-5-9-24/h6,10-11,15,18-20,23-24,32-34,42-46,48H,4-5,7-9,12-14,16-17,21-22H2,1-3H3. The highest BCUT2D eigenvalue weighted by Crippen LogP contribution is 2.45. The molecule has 1 fully saturated rings. The van der Waals surface area contributed by atoms with Crippen LogP contribution in [0, 0.1) is 11.8 Å². The van der Waals surface area contributed by atoms with Crippen LogP contribution in [0.3, 0.4) is 0 Å². The summed E-state index contributed by atoms with van der Waals surface area (Å²) < 4.78 is 12.7. The fourth-order valence-corrected chi connectivity index (χ4v) is 10.2. The van der Waals surface area contributed by atoms with Crippen LogP contribution in [0.5, 0.6) is 23.0 Å². The monoisotopic (exact) mass is 749 g/mol. The highest BCUT2D eigenvalue weighted by atomic mass is 33.1. The van der Waals surface area contributed by atoms with Gasteiger partial charge in [0, 0.05) is 53.8 Å². The summed E-state index contributed by atoms with van der Waals surface area (Å²) >= 11 is 0. The van der Waals surface area contributed by atoms with Crippen molar-refractivity contribution in [1.29, 1.82) is 0 Å². The summed E-state index contributed by atoms with van der Waals surface area (Å²) in [5.41, 5.74) is 4.15. The van der Waals surface area contributed by atoms with Crippen molar-refractivity contribution in [2.24, 2.45) is 11.8 Å². The molecule has 2 aliphatic rings. The Morgan fingerprint density at radius 3 is 2.54 bits per heavy atom. The van der Waals surface area contributed by atoms with E-state index in [1.54, 1.807) is 21.6 Å². The average Bonchev–Trinajstić information content (AvgIpc) is 3.62. The lowest BCUT2D eigenvalue weighted by atomic mass is 9.88. The summed E-state index contributed by atoms with van der Waals surface area (Å²) in [6.07, 6.45) is 5.00. The maximum Gasteiger partial charge on any atom is 0.238 e. The van der Waals surface area contributed by atoms with Gasteiger partial charge in [-0.25, -0.2) is 0 Å². The van der Waals surface area contributed by atoms with Gasteiger partial charge in [-0.15, -0.1) is 0 Å². The van der Waals surface area contributed by atoms with E-state index >= 15 is 0 Å². The second-order valence-electron chi connectivity index (χ2n) is 14.7.